The van der Waals surface area contributed by atoms with Crippen molar-refractivity contribution in [3.05, 3.63) is 71.0 Å². The third-order valence-corrected chi connectivity index (χ3v) is 3.31. The van der Waals surface area contributed by atoms with Crippen molar-refractivity contribution in [3.8, 4) is 0 Å². The Balaban J connectivity index is 2.08. The van der Waals surface area contributed by atoms with Crippen molar-refractivity contribution in [1.29, 1.82) is 0 Å². The van der Waals surface area contributed by atoms with Gasteiger partial charge in [-0.05, 0) is 34.7 Å². The highest BCUT2D eigenvalue weighted by Gasteiger charge is 2.09. The first kappa shape index (κ1) is 13.8. The summed E-state index contributed by atoms with van der Waals surface area (Å²) in [4.78, 5) is 0. The lowest BCUT2D eigenvalue weighted by Crippen LogP contribution is -2.02. The lowest BCUT2D eigenvalue weighted by Gasteiger charge is -2.12. The van der Waals surface area contributed by atoms with Gasteiger partial charge in [0.2, 0.25) is 0 Å². The summed E-state index contributed by atoms with van der Waals surface area (Å²) in [5, 5.41) is 10.1. The van der Waals surface area contributed by atoms with E-state index in [1.54, 1.807) is 12.1 Å². The molecule has 0 fully saturated rings. The van der Waals surface area contributed by atoms with Crippen LogP contribution in [0.2, 0.25) is 0 Å². The summed E-state index contributed by atoms with van der Waals surface area (Å²) >= 11 is 0. The fourth-order valence-corrected chi connectivity index (χ4v) is 2.09. The highest BCUT2D eigenvalue weighted by molar-refractivity contribution is 5.27. The molecule has 19 heavy (non-hydrogen) atoms. The number of hydrogen-bond acceptors (Lipinski definition) is 1. The fraction of sp³-hybridized carbons (Fsp3) is 0.294. The molecule has 0 amide bonds. The standard InChI is InChI=1S/C17H19FO/c1-12(2)14-8-6-13(7-9-14)10-17(19)15-4-3-5-16(18)11-15/h3-9,11-12,17,19H,10H2,1-2H3. The molecule has 0 heterocycles. The molecule has 0 aliphatic rings. The lowest BCUT2D eigenvalue weighted by atomic mass is 9.97. The zero-order valence-electron chi connectivity index (χ0n) is 11.3. The number of aliphatic hydroxyl groups excluding tert-OH is 1. The molecule has 2 heteroatoms. The molecule has 0 saturated heterocycles. The van der Waals surface area contributed by atoms with E-state index in [-0.39, 0.29) is 5.82 Å². The van der Waals surface area contributed by atoms with Crippen LogP contribution in [-0.2, 0) is 6.42 Å². The van der Waals surface area contributed by atoms with E-state index in [0.717, 1.165) is 5.56 Å². The smallest absolute Gasteiger partial charge is 0.123 e. The third-order valence-electron chi connectivity index (χ3n) is 3.31. The van der Waals surface area contributed by atoms with Crippen molar-refractivity contribution in [1.82, 2.24) is 0 Å². The summed E-state index contributed by atoms with van der Waals surface area (Å²) in [6.07, 6.45) is -0.164. The lowest BCUT2D eigenvalue weighted by molar-refractivity contribution is 0.178. The topological polar surface area (TPSA) is 20.2 Å². The predicted molar refractivity (Wildman–Crippen MR) is 75.6 cm³/mol. The molecule has 0 radical (unpaired) electrons. The molecule has 1 N–H and O–H groups in total. The second kappa shape index (κ2) is 5.98. The van der Waals surface area contributed by atoms with Crippen molar-refractivity contribution in [2.24, 2.45) is 0 Å². The van der Waals surface area contributed by atoms with Gasteiger partial charge in [0.05, 0.1) is 6.10 Å². The van der Waals surface area contributed by atoms with E-state index in [0.29, 0.717) is 17.9 Å². The van der Waals surface area contributed by atoms with Crippen molar-refractivity contribution in [3.63, 3.8) is 0 Å². The second-order valence-corrected chi connectivity index (χ2v) is 5.17. The molecular formula is C17H19FO. The molecule has 1 unspecified atom stereocenters. The van der Waals surface area contributed by atoms with Gasteiger partial charge in [-0.15, -0.1) is 0 Å². The van der Waals surface area contributed by atoms with E-state index in [1.165, 1.54) is 17.7 Å². The Kier molecular flexibility index (Phi) is 4.33. The van der Waals surface area contributed by atoms with E-state index in [1.807, 2.05) is 12.1 Å². The van der Waals surface area contributed by atoms with Crippen molar-refractivity contribution >= 4 is 0 Å². The molecule has 0 aromatic heterocycles. The Labute approximate surface area is 113 Å². The van der Waals surface area contributed by atoms with Crippen LogP contribution in [0.15, 0.2) is 48.5 Å². The predicted octanol–water partition coefficient (Wildman–Crippen LogP) is 4.23. The van der Waals surface area contributed by atoms with Gasteiger partial charge in [-0.2, -0.15) is 0 Å². The number of rotatable bonds is 4. The quantitative estimate of drug-likeness (QED) is 0.870. The minimum atomic E-state index is -0.666. The van der Waals surface area contributed by atoms with Gasteiger partial charge in [0.15, 0.2) is 0 Å². The second-order valence-electron chi connectivity index (χ2n) is 5.17. The summed E-state index contributed by atoms with van der Waals surface area (Å²) in [6.45, 7) is 4.30. The molecule has 0 saturated carbocycles. The molecule has 1 atom stereocenters. The first-order valence-electron chi connectivity index (χ1n) is 6.58. The SMILES string of the molecule is CC(C)c1ccc(CC(O)c2cccc(F)c2)cc1. The summed E-state index contributed by atoms with van der Waals surface area (Å²) in [6, 6.07) is 14.3. The molecule has 100 valence electrons. The molecule has 1 nitrogen and oxygen atoms in total. The molecule has 2 aromatic rings. The maximum absolute atomic E-state index is 13.1. The molecule has 0 spiro atoms. The van der Waals surface area contributed by atoms with Crippen molar-refractivity contribution < 1.29 is 9.50 Å². The van der Waals surface area contributed by atoms with Gasteiger partial charge in [0.1, 0.15) is 5.82 Å². The Morgan fingerprint density at radius 2 is 1.68 bits per heavy atom. The molecule has 2 rings (SSSR count). The minimum absolute atomic E-state index is 0.313. The molecule has 0 aliphatic heterocycles. The average Bonchev–Trinajstić information content (AvgIpc) is 2.39. The van der Waals surface area contributed by atoms with Crippen LogP contribution in [0.4, 0.5) is 4.39 Å². The van der Waals surface area contributed by atoms with E-state index >= 15 is 0 Å². The first-order valence-corrected chi connectivity index (χ1v) is 6.58. The Hall–Kier alpha value is -1.67. The van der Waals surface area contributed by atoms with Crippen LogP contribution >= 0.6 is 0 Å². The van der Waals surface area contributed by atoms with Gasteiger partial charge in [0, 0.05) is 6.42 Å². The summed E-state index contributed by atoms with van der Waals surface area (Å²) in [5.74, 6) is 0.189. The van der Waals surface area contributed by atoms with E-state index < -0.39 is 6.10 Å². The third kappa shape index (κ3) is 3.65. The van der Waals surface area contributed by atoms with Crippen LogP contribution in [0.1, 0.15) is 42.6 Å². The van der Waals surface area contributed by atoms with Crippen LogP contribution < -0.4 is 0 Å². The number of benzene rings is 2. The largest absolute Gasteiger partial charge is 0.388 e. The Morgan fingerprint density at radius 1 is 1.00 bits per heavy atom. The minimum Gasteiger partial charge on any atom is -0.388 e. The van der Waals surface area contributed by atoms with Crippen molar-refractivity contribution in [2.45, 2.75) is 32.3 Å². The van der Waals surface area contributed by atoms with Gasteiger partial charge in [-0.1, -0.05) is 50.2 Å². The fourth-order valence-electron chi connectivity index (χ4n) is 2.09. The highest BCUT2D eigenvalue weighted by Crippen LogP contribution is 2.21. The number of aliphatic hydroxyl groups is 1. The maximum Gasteiger partial charge on any atom is 0.123 e. The van der Waals surface area contributed by atoms with Crippen LogP contribution in [0, 0.1) is 5.82 Å². The molecule has 2 aromatic carbocycles. The zero-order chi connectivity index (χ0) is 13.8. The summed E-state index contributed by atoms with van der Waals surface area (Å²) in [7, 11) is 0. The van der Waals surface area contributed by atoms with Gasteiger partial charge in [-0.3, -0.25) is 0 Å². The van der Waals surface area contributed by atoms with E-state index in [9.17, 15) is 9.50 Å². The first-order chi connectivity index (χ1) is 9.06. The monoisotopic (exact) mass is 258 g/mol. The molecule has 0 bridgehead atoms. The van der Waals surface area contributed by atoms with Gasteiger partial charge in [-0.25, -0.2) is 4.39 Å². The zero-order valence-corrected chi connectivity index (χ0v) is 11.3. The summed E-state index contributed by atoms with van der Waals surface area (Å²) < 4.78 is 13.1. The maximum atomic E-state index is 13.1. The van der Waals surface area contributed by atoms with Gasteiger partial charge >= 0.3 is 0 Å². The van der Waals surface area contributed by atoms with Gasteiger partial charge < -0.3 is 5.11 Å². The van der Waals surface area contributed by atoms with E-state index in [4.69, 9.17) is 0 Å². The van der Waals surface area contributed by atoms with Crippen LogP contribution in [0.25, 0.3) is 0 Å². The van der Waals surface area contributed by atoms with Crippen LogP contribution in [-0.4, -0.2) is 5.11 Å². The normalized spacial score (nSPS) is 12.7. The van der Waals surface area contributed by atoms with Crippen molar-refractivity contribution in [2.75, 3.05) is 0 Å². The average molecular weight is 258 g/mol. The number of hydrogen-bond donors (Lipinski definition) is 1. The molecule has 0 aliphatic carbocycles. The number of halogens is 1. The van der Waals surface area contributed by atoms with E-state index in [2.05, 4.69) is 26.0 Å². The van der Waals surface area contributed by atoms with Gasteiger partial charge in [0.25, 0.3) is 0 Å². The summed E-state index contributed by atoms with van der Waals surface area (Å²) in [5.41, 5.74) is 2.96. The Morgan fingerprint density at radius 3 is 2.26 bits per heavy atom. The Bertz CT molecular complexity index is 531. The highest BCUT2D eigenvalue weighted by atomic mass is 19.1. The molecular weight excluding hydrogens is 239 g/mol. The van der Waals surface area contributed by atoms with Crippen LogP contribution in [0.3, 0.4) is 0 Å². The van der Waals surface area contributed by atoms with Crippen LogP contribution in [0.5, 0.6) is 0 Å².